The van der Waals surface area contributed by atoms with Gasteiger partial charge in [0.25, 0.3) is 0 Å². The Hall–Kier alpha value is -1.35. The van der Waals surface area contributed by atoms with E-state index in [9.17, 15) is 4.79 Å². The van der Waals surface area contributed by atoms with Crippen LogP contribution in [0.15, 0.2) is 37.0 Å². The van der Waals surface area contributed by atoms with Crippen molar-refractivity contribution in [2.75, 3.05) is 7.11 Å². The Morgan fingerprint density at radius 2 is 1.93 bits per heavy atom. The van der Waals surface area contributed by atoms with Gasteiger partial charge in [-0.1, -0.05) is 39.2 Å². The maximum absolute atomic E-state index is 11.5. The third-order valence-electron chi connectivity index (χ3n) is 1.75. The molecule has 0 aromatic rings. The molecule has 0 spiro atoms. The second-order valence-electron chi connectivity index (χ2n) is 3.32. The number of rotatable bonds is 6. The van der Waals surface area contributed by atoms with Gasteiger partial charge in [0.2, 0.25) is 6.29 Å². The first-order valence-electron chi connectivity index (χ1n) is 4.75. The van der Waals surface area contributed by atoms with Crippen molar-refractivity contribution in [3.05, 3.63) is 37.0 Å². The van der Waals surface area contributed by atoms with Crippen LogP contribution in [0.4, 0.5) is 0 Å². The summed E-state index contributed by atoms with van der Waals surface area (Å²) in [6, 6.07) is 0. The number of allylic oxidation sites excluding steroid dienone is 2. The molecule has 3 heteroatoms. The SMILES string of the molecule is C=C/C=C(\C=C)C(=O)OC(OC)C(C)C. The molecule has 1 unspecified atom stereocenters. The lowest BCUT2D eigenvalue weighted by Crippen LogP contribution is -2.25. The van der Waals surface area contributed by atoms with Gasteiger partial charge in [0, 0.05) is 13.0 Å². The summed E-state index contributed by atoms with van der Waals surface area (Å²) < 4.78 is 10.1. The third-order valence-corrected chi connectivity index (χ3v) is 1.75. The van der Waals surface area contributed by atoms with Crippen molar-refractivity contribution in [3.8, 4) is 0 Å². The summed E-state index contributed by atoms with van der Waals surface area (Å²) in [6.07, 6.45) is 3.94. The van der Waals surface area contributed by atoms with Crippen LogP contribution < -0.4 is 0 Å². The van der Waals surface area contributed by atoms with E-state index in [0.717, 1.165) is 0 Å². The van der Waals surface area contributed by atoms with E-state index < -0.39 is 12.3 Å². The predicted molar refractivity (Wildman–Crippen MR) is 60.2 cm³/mol. The highest BCUT2D eigenvalue weighted by atomic mass is 16.7. The van der Waals surface area contributed by atoms with Gasteiger partial charge in [-0.15, -0.1) is 0 Å². The number of esters is 1. The zero-order valence-electron chi connectivity index (χ0n) is 9.53. The molecule has 3 nitrogen and oxygen atoms in total. The van der Waals surface area contributed by atoms with Gasteiger partial charge in [-0.3, -0.25) is 0 Å². The van der Waals surface area contributed by atoms with Crippen molar-refractivity contribution in [2.24, 2.45) is 5.92 Å². The maximum Gasteiger partial charge on any atom is 0.340 e. The van der Waals surface area contributed by atoms with Crippen LogP contribution >= 0.6 is 0 Å². The molecule has 0 aliphatic carbocycles. The quantitative estimate of drug-likeness (QED) is 0.292. The minimum atomic E-state index is -0.536. The van der Waals surface area contributed by atoms with Crippen LogP contribution in [0.25, 0.3) is 0 Å². The molecule has 0 aromatic heterocycles. The fourth-order valence-corrected chi connectivity index (χ4v) is 0.976. The second kappa shape index (κ2) is 7.01. The van der Waals surface area contributed by atoms with Crippen LogP contribution in [0.1, 0.15) is 13.8 Å². The first-order chi connectivity index (χ1) is 7.06. The van der Waals surface area contributed by atoms with Gasteiger partial charge < -0.3 is 9.47 Å². The van der Waals surface area contributed by atoms with Gasteiger partial charge in [-0.05, 0) is 6.08 Å². The molecule has 84 valence electrons. The molecule has 0 bridgehead atoms. The molecule has 0 saturated heterocycles. The Balaban J connectivity index is 4.51. The summed E-state index contributed by atoms with van der Waals surface area (Å²) in [6.45, 7) is 10.8. The standard InChI is InChI=1S/C12H18O3/c1-6-8-10(7-2)11(13)15-12(14-5)9(3)4/h6-9,12H,1-2H2,3-5H3/b10-8+. The van der Waals surface area contributed by atoms with Gasteiger partial charge >= 0.3 is 5.97 Å². The molecule has 0 radical (unpaired) electrons. The highest BCUT2D eigenvalue weighted by Crippen LogP contribution is 2.10. The number of carbonyl (C=O) groups excluding carboxylic acids is 1. The third kappa shape index (κ3) is 4.61. The van der Waals surface area contributed by atoms with Gasteiger partial charge in [-0.25, -0.2) is 4.79 Å². The lowest BCUT2D eigenvalue weighted by molar-refractivity contribution is -0.177. The summed E-state index contributed by atoms with van der Waals surface area (Å²) >= 11 is 0. The fourth-order valence-electron chi connectivity index (χ4n) is 0.976. The van der Waals surface area contributed by atoms with Crippen LogP contribution in [0.3, 0.4) is 0 Å². The Morgan fingerprint density at radius 1 is 1.33 bits per heavy atom. The molecule has 0 saturated carbocycles. The lowest BCUT2D eigenvalue weighted by atomic mass is 10.2. The molecule has 0 N–H and O–H groups in total. The van der Waals surface area contributed by atoms with Crippen LogP contribution in [-0.2, 0) is 14.3 Å². The Morgan fingerprint density at radius 3 is 2.27 bits per heavy atom. The van der Waals surface area contributed by atoms with Crippen molar-refractivity contribution in [2.45, 2.75) is 20.1 Å². The number of methoxy groups -OCH3 is 1. The fraction of sp³-hybridized carbons (Fsp3) is 0.417. The normalized spacial score (nSPS) is 13.5. The molecule has 15 heavy (non-hydrogen) atoms. The topological polar surface area (TPSA) is 35.5 Å². The van der Waals surface area contributed by atoms with Gasteiger partial charge in [0.15, 0.2) is 0 Å². The summed E-state index contributed by atoms with van der Waals surface area (Å²) in [5.41, 5.74) is 0.368. The molecule has 0 aliphatic rings. The zero-order chi connectivity index (χ0) is 11.8. The van der Waals surface area contributed by atoms with Crippen molar-refractivity contribution >= 4 is 5.97 Å². The molecular weight excluding hydrogens is 192 g/mol. The van der Waals surface area contributed by atoms with Gasteiger partial charge in [0.05, 0.1) is 5.57 Å². The molecular formula is C12H18O3. The van der Waals surface area contributed by atoms with E-state index in [1.807, 2.05) is 13.8 Å². The lowest BCUT2D eigenvalue weighted by Gasteiger charge is -2.19. The van der Waals surface area contributed by atoms with Crippen molar-refractivity contribution < 1.29 is 14.3 Å². The van der Waals surface area contributed by atoms with Crippen LogP contribution in [0.5, 0.6) is 0 Å². The van der Waals surface area contributed by atoms with E-state index in [4.69, 9.17) is 9.47 Å². The zero-order valence-corrected chi connectivity index (χ0v) is 9.53. The van der Waals surface area contributed by atoms with Crippen molar-refractivity contribution in [3.63, 3.8) is 0 Å². The number of ether oxygens (including phenoxy) is 2. The predicted octanol–water partition coefficient (Wildman–Crippen LogP) is 2.46. The number of carbonyl (C=O) groups is 1. The summed E-state index contributed by atoms with van der Waals surface area (Å²) in [5, 5.41) is 0. The molecule has 0 fully saturated rings. The Labute approximate surface area is 91.1 Å². The van der Waals surface area contributed by atoms with Gasteiger partial charge in [-0.2, -0.15) is 0 Å². The molecule has 0 heterocycles. The summed E-state index contributed by atoms with van der Waals surface area (Å²) in [5.74, 6) is -0.348. The van der Waals surface area contributed by atoms with Gasteiger partial charge in [0.1, 0.15) is 0 Å². The molecule has 0 aromatic carbocycles. The number of hydrogen-bond acceptors (Lipinski definition) is 3. The first-order valence-corrected chi connectivity index (χ1v) is 4.75. The highest BCUT2D eigenvalue weighted by molar-refractivity contribution is 5.91. The van der Waals surface area contributed by atoms with E-state index in [2.05, 4.69) is 13.2 Å². The molecule has 0 rings (SSSR count). The van der Waals surface area contributed by atoms with Crippen LogP contribution in [-0.4, -0.2) is 19.4 Å². The van der Waals surface area contributed by atoms with E-state index in [1.54, 1.807) is 6.08 Å². The minimum absolute atomic E-state index is 0.105. The van der Waals surface area contributed by atoms with Crippen LogP contribution in [0.2, 0.25) is 0 Å². The van der Waals surface area contributed by atoms with Crippen LogP contribution in [0, 0.1) is 5.92 Å². The average Bonchev–Trinajstić information content (AvgIpc) is 2.21. The second-order valence-corrected chi connectivity index (χ2v) is 3.32. The average molecular weight is 210 g/mol. The first kappa shape index (κ1) is 13.7. The monoisotopic (exact) mass is 210 g/mol. The van der Waals surface area contributed by atoms with Crippen molar-refractivity contribution in [1.29, 1.82) is 0 Å². The number of hydrogen-bond donors (Lipinski definition) is 0. The van der Waals surface area contributed by atoms with E-state index in [0.29, 0.717) is 5.57 Å². The minimum Gasteiger partial charge on any atom is -0.432 e. The Bertz CT molecular complexity index is 264. The smallest absolute Gasteiger partial charge is 0.340 e. The summed E-state index contributed by atoms with van der Waals surface area (Å²) in [4.78, 5) is 11.5. The van der Waals surface area contributed by atoms with Crippen molar-refractivity contribution in [1.82, 2.24) is 0 Å². The largest absolute Gasteiger partial charge is 0.432 e. The molecule has 0 amide bonds. The highest BCUT2D eigenvalue weighted by Gasteiger charge is 2.18. The molecule has 0 aliphatic heterocycles. The summed E-state index contributed by atoms with van der Waals surface area (Å²) in [7, 11) is 1.50. The Kier molecular flexibility index (Phi) is 6.38. The van der Waals surface area contributed by atoms with E-state index >= 15 is 0 Å². The maximum atomic E-state index is 11.5. The molecule has 1 atom stereocenters. The van der Waals surface area contributed by atoms with E-state index in [-0.39, 0.29) is 5.92 Å². The van der Waals surface area contributed by atoms with E-state index in [1.165, 1.54) is 19.3 Å².